The van der Waals surface area contributed by atoms with Crippen molar-refractivity contribution in [2.24, 2.45) is 5.41 Å². The highest BCUT2D eigenvalue weighted by atomic mass is 31.2. The second kappa shape index (κ2) is 17.3. The highest BCUT2D eigenvalue weighted by Gasteiger charge is 2.34. The van der Waals surface area contributed by atoms with Crippen LogP contribution in [-0.4, -0.2) is 77.2 Å². The molecule has 0 spiro atoms. The Morgan fingerprint density at radius 2 is 1.30 bits per heavy atom. The van der Waals surface area contributed by atoms with E-state index >= 15 is 0 Å². The summed E-state index contributed by atoms with van der Waals surface area (Å²) in [4.78, 5) is 35.8. The summed E-state index contributed by atoms with van der Waals surface area (Å²) in [5.41, 5.74) is -1.20. The van der Waals surface area contributed by atoms with Crippen LogP contribution in [0.3, 0.4) is 0 Å². The van der Waals surface area contributed by atoms with Gasteiger partial charge in [-0.15, -0.1) is 0 Å². The fourth-order valence-corrected chi connectivity index (χ4v) is 2.66. The zero-order valence-corrected chi connectivity index (χ0v) is 17.8. The van der Waals surface area contributed by atoms with Gasteiger partial charge in [0, 0.05) is 13.2 Å². The van der Waals surface area contributed by atoms with Crippen molar-refractivity contribution < 1.29 is 47.9 Å². The second-order valence-electron chi connectivity index (χ2n) is 6.10. The Labute approximate surface area is 163 Å². The third-order valence-corrected chi connectivity index (χ3v) is 4.29. The number of ether oxygens (including phenoxy) is 3. The van der Waals surface area contributed by atoms with E-state index in [2.05, 4.69) is 13.8 Å². The number of aliphatic hydroxyl groups is 1. The summed E-state index contributed by atoms with van der Waals surface area (Å²) in [6.45, 7) is 4.08. The van der Waals surface area contributed by atoms with Gasteiger partial charge in [0.2, 0.25) is 0 Å². The topological polar surface area (TPSA) is 147 Å². The van der Waals surface area contributed by atoms with Crippen LogP contribution in [0, 0.1) is 5.41 Å². The van der Waals surface area contributed by atoms with Gasteiger partial charge in [-0.2, -0.15) is 0 Å². The second-order valence-corrected chi connectivity index (χ2v) is 7.63. The molecule has 0 bridgehead atoms. The summed E-state index contributed by atoms with van der Waals surface area (Å²) in [5, 5.41) is 9.70. The molecule has 164 valence electrons. The molecule has 0 aliphatic rings. The van der Waals surface area contributed by atoms with Crippen LogP contribution in [0.25, 0.3) is 0 Å². The maximum atomic E-state index is 9.70. The molecule has 0 fully saturated rings. The lowest BCUT2D eigenvalue weighted by Gasteiger charge is -2.31. The van der Waals surface area contributed by atoms with Crippen molar-refractivity contribution in [2.75, 3.05) is 46.2 Å². The fraction of sp³-hybridized carbons (Fsp3) is 1.00. The van der Waals surface area contributed by atoms with E-state index in [0.717, 1.165) is 25.7 Å². The quantitative estimate of drug-likeness (QED) is 0.114. The molecule has 10 nitrogen and oxygen atoms in total. The van der Waals surface area contributed by atoms with Crippen molar-refractivity contribution in [3.63, 3.8) is 0 Å². The van der Waals surface area contributed by atoms with Crippen molar-refractivity contribution >= 4 is 17.2 Å². The van der Waals surface area contributed by atoms with Crippen molar-refractivity contribution in [1.29, 1.82) is 0 Å². The summed E-state index contributed by atoms with van der Waals surface area (Å²) in [6, 6.07) is 0. The molecule has 0 heterocycles. The summed E-state index contributed by atoms with van der Waals surface area (Å²) < 4.78 is 26.5. The molecule has 0 radical (unpaired) electrons. The Bertz CT molecular complexity index is 314. The van der Waals surface area contributed by atoms with Crippen LogP contribution in [0.5, 0.6) is 0 Å². The Morgan fingerprint density at radius 1 is 0.815 bits per heavy atom. The lowest BCUT2D eigenvalue weighted by molar-refractivity contribution is -0.182. The van der Waals surface area contributed by atoms with Crippen molar-refractivity contribution in [1.82, 2.24) is 0 Å². The molecule has 0 rings (SSSR count). The van der Waals surface area contributed by atoms with Gasteiger partial charge in [-0.25, -0.2) is 0 Å². The van der Waals surface area contributed by atoms with Gasteiger partial charge in [0.25, 0.3) is 0 Å². The van der Waals surface area contributed by atoms with E-state index in [4.69, 9.17) is 42.8 Å². The van der Waals surface area contributed by atoms with E-state index in [1.54, 1.807) is 0 Å². The predicted molar refractivity (Wildman–Crippen MR) is 100 cm³/mol. The normalized spacial score (nSPS) is 12.7. The largest absolute Gasteiger partial charge is 0.396 e. The molecule has 0 unspecified atom stereocenters. The summed E-state index contributed by atoms with van der Waals surface area (Å²) in [7, 11) is -5.27. The first-order valence-corrected chi connectivity index (χ1v) is 11.3. The number of hydrogen-bond donors (Lipinski definition) is 5. The van der Waals surface area contributed by atoms with Gasteiger partial charge in [-0.05, 0) is 12.8 Å². The van der Waals surface area contributed by atoms with Crippen molar-refractivity contribution in [3.05, 3.63) is 0 Å². The predicted octanol–water partition coefficient (Wildman–Crippen LogP) is 1.40. The van der Waals surface area contributed by atoms with Crippen LogP contribution in [0.2, 0.25) is 0 Å². The van der Waals surface area contributed by atoms with Gasteiger partial charge in [0.05, 0.1) is 38.4 Å². The first-order chi connectivity index (χ1) is 12.9. The Kier molecular flexibility index (Phi) is 17.6. The summed E-state index contributed by atoms with van der Waals surface area (Å²) >= 11 is 0. The number of aliphatic hydroxyl groups excluding tert-OH is 1. The van der Waals surface area contributed by atoms with E-state index in [-0.39, 0.29) is 26.4 Å². The van der Waals surface area contributed by atoms with Gasteiger partial charge in [-0.3, -0.25) is 0 Å². The average molecular weight is 436 g/mol. The zero-order valence-electron chi connectivity index (χ0n) is 16.0. The molecule has 0 aromatic carbocycles. The third-order valence-electron chi connectivity index (χ3n) is 3.57. The van der Waals surface area contributed by atoms with Crippen LogP contribution < -0.4 is 0 Å². The lowest BCUT2D eigenvalue weighted by Crippen LogP contribution is -2.41. The van der Waals surface area contributed by atoms with E-state index in [1.807, 2.05) is 0 Å². The molecule has 0 aromatic rings. The molecule has 0 atom stereocenters. The van der Waals surface area contributed by atoms with Crippen molar-refractivity contribution in [3.8, 4) is 0 Å². The minimum atomic E-state index is -2.64. The molecular formula is C15H34O10P2. The summed E-state index contributed by atoms with van der Waals surface area (Å²) in [5.74, 6) is 0. The molecule has 0 aliphatic heterocycles. The average Bonchev–Trinajstić information content (AvgIpc) is 2.63. The SMILES string of the molecule is CCCCOC(COCC(CO)(COP(O)O)COP(O)O)OCCCC. The molecule has 0 aliphatic carbocycles. The van der Waals surface area contributed by atoms with Gasteiger partial charge >= 0.3 is 17.2 Å². The fourth-order valence-electron chi connectivity index (χ4n) is 1.89. The smallest absolute Gasteiger partial charge is 0.327 e. The van der Waals surface area contributed by atoms with E-state index in [0.29, 0.717) is 13.2 Å². The van der Waals surface area contributed by atoms with Crippen LogP contribution in [0.15, 0.2) is 0 Å². The van der Waals surface area contributed by atoms with E-state index in [9.17, 15) is 5.11 Å². The van der Waals surface area contributed by atoms with E-state index in [1.165, 1.54) is 0 Å². The maximum Gasteiger partial charge on any atom is 0.327 e. The Balaban J connectivity index is 4.65. The van der Waals surface area contributed by atoms with E-state index < -0.39 is 35.5 Å². The summed E-state index contributed by atoms with van der Waals surface area (Å²) in [6.07, 6.45) is 3.19. The van der Waals surface area contributed by atoms with Gasteiger partial charge in [0.1, 0.15) is 0 Å². The molecule has 27 heavy (non-hydrogen) atoms. The molecule has 0 amide bonds. The molecule has 0 aromatic heterocycles. The molecule has 12 heteroatoms. The minimum Gasteiger partial charge on any atom is -0.396 e. The molecule has 5 N–H and O–H groups in total. The highest BCUT2D eigenvalue weighted by Crippen LogP contribution is 2.33. The maximum absolute atomic E-state index is 9.70. The first kappa shape index (κ1) is 27.5. The molecule has 0 saturated carbocycles. The number of hydrogen-bond acceptors (Lipinski definition) is 10. The van der Waals surface area contributed by atoms with Gasteiger partial charge in [0.15, 0.2) is 6.29 Å². The number of rotatable bonds is 19. The van der Waals surface area contributed by atoms with Crippen LogP contribution in [0.4, 0.5) is 0 Å². The molecule has 0 saturated heterocycles. The molecular weight excluding hydrogens is 402 g/mol. The van der Waals surface area contributed by atoms with Crippen LogP contribution in [0.1, 0.15) is 39.5 Å². The number of unbranched alkanes of at least 4 members (excludes halogenated alkanes) is 2. The first-order valence-electron chi connectivity index (χ1n) is 8.92. The third kappa shape index (κ3) is 15.0. The van der Waals surface area contributed by atoms with Gasteiger partial charge < -0.3 is 47.9 Å². The Hall–Kier alpha value is 0.460. The Morgan fingerprint density at radius 3 is 1.67 bits per heavy atom. The van der Waals surface area contributed by atoms with Crippen LogP contribution >= 0.6 is 17.2 Å². The lowest BCUT2D eigenvalue weighted by atomic mass is 9.93. The van der Waals surface area contributed by atoms with Gasteiger partial charge in [-0.1, -0.05) is 26.7 Å². The standard InChI is InChI=1S/C15H34O10P2/c1-3-5-7-22-14(23-8-6-4-2)9-21-11-15(10-16,12-24-26(17)18)13-25-27(19)20/h14,16-20H,3-13H2,1-2H3. The minimum absolute atomic E-state index is 0.0925. The highest BCUT2D eigenvalue weighted by molar-refractivity contribution is 7.39. The van der Waals surface area contributed by atoms with Crippen LogP contribution in [-0.2, 0) is 23.3 Å². The zero-order chi connectivity index (χ0) is 20.5. The monoisotopic (exact) mass is 436 g/mol. The van der Waals surface area contributed by atoms with Crippen molar-refractivity contribution in [2.45, 2.75) is 45.8 Å².